The summed E-state index contributed by atoms with van der Waals surface area (Å²) in [6.07, 6.45) is 0.477. The van der Waals surface area contributed by atoms with Gasteiger partial charge in [0, 0.05) is 6.54 Å². The molecule has 1 heterocycles. The summed E-state index contributed by atoms with van der Waals surface area (Å²) in [6, 6.07) is -0.248. The second-order valence-electron chi connectivity index (χ2n) is 1.63. The van der Waals surface area contributed by atoms with E-state index in [0.29, 0.717) is 19.5 Å². The van der Waals surface area contributed by atoms with E-state index in [9.17, 15) is 9.59 Å². The molecule has 0 aromatic carbocycles. The lowest BCUT2D eigenvalue weighted by Crippen LogP contribution is -2.39. The van der Waals surface area contributed by atoms with Crippen LogP contribution >= 0.6 is 0 Å². The van der Waals surface area contributed by atoms with Gasteiger partial charge in [-0.3, -0.25) is 10.2 Å². The lowest BCUT2D eigenvalue weighted by molar-refractivity contribution is -0.112. The van der Waals surface area contributed by atoms with Crippen LogP contribution in [0, 0.1) is 0 Å². The van der Waals surface area contributed by atoms with Crippen molar-refractivity contribution in [3.05, 3.63) is 0 Å². The molecule has 5 heteroatoms. The van der Waals surface area contributed by atoms with Crippen LogP contribution in [0.25, 0.3) is 0 Å². The molecular formula is C4H7N3O2. The molecule has 1 aliphatic rings. The number of hydrogen-bond acceptors (Lipinski definition) is 2. The van der Waals surface area contributed by atoms with E-state index in [-0.39, 0.29) is 6.03 Å². The van der Waals surface area contributed by atoms with Crippen molar-refractivity contribution in [1.29, 1.82) is 0 Å². The van der Waals surface area contributed by atoms with E-state index in [1.165, 1.54) is 5.01 Å². The molecule has 0 radical (unpaired) electrons. The summed E-state index contributed by atoms with van der Waals surface area (Å²) >= 11 is 0. The number of rotatable bonds is 2. The molecule has 0 spiro atoms. The van der Waals surface area contributed by atoms with Crippen molar-refractivity contribution in [2.24, 2.45) is 0 Å². The molecule has 0 aromatic rings. The summed E-state index contributed by atoms with van der Waals surface area (Å²) < 4.78 is 0. The maximum atomic E-state index is 10.6. The quantitative estimate of drug-likeness (QED) is 0.454. The summed E-state index contributed by atoms with van der Waals surface area (Å²) in [4.78, 5) is 20.3. The minimum Gasteiger partial charge on any atom is -0.335 e. The number of urea groups is 1. The Bertz CT molecular complexity index is 136. The Morgan fingerprint density at radius 2 is 2.56 bits per heavy atom. The summed E-state index contributed by atoms with van der Waals surface area (Å²) in [6.45, 7) is 1.14. The van der Waals surface area contributed by atoms with Gasteiger partial charge in [0.25, 0.3) is 0 Å². The highest BCUT2D eigenvalue weighted by molar-refractivity contribution is 5.76. The topological polar surface area (TPSA) is 61.4 Å². The average molecular weight is 129 g/mol. The second kappa shape index (κ2) is 2.34. The van der Waals surface area contributed by atoms with Crippen LogP contribution in [0.3, 0.4) is 0 Å². The number of nitrogens with zero attached hydrogens (tertiary/aromatic N) is 1. The fraction of sp³-hybridized carbons (Fsp3) is 0.500. The standard InChI is InChI=1S/C4H7N3O2/c8-3-6-7-2-1-5-4(7)9/h3H,1-2H2,(H,5,9)(H,6,8). The van der Waals surface area contributed by atoms with Crippen molar-refractivity contribution < 1.29 is 9.59 Å². The number of amides is 3. The minimum absolute atomic E-state index is 0.248. The van der Waals surface area contributed by atoms with Gasteiger partial charge in [0.15, 0.2) is 0 Å². The highest BCUT2D eigenvalue weighted by Gasteiger charge is 2.17. The molecule has 1 saturated heterocycles. The highest BCUT2D eigenvalue weighted by Crippen LogP contribution is 1.88. The van der Waals surface area contributed by atoms with Crippen LogP contribution in [-0.4, -0.2) is 30.5 Å². The van der Waals surface area contributed by atoms with Crippen molar-refractivity contribution in [3.8, 4) is 0 Å². The van der Waals surface area contributed by atoms with Gasteiger partial charge in [0.2, 0.25) is 6.41 Å². The third kappa shape index (κ3) is 1.10. The lowest BCUT2D eigenvalue weighted by Gasteiger charge is -2.09. The van der Waals surface area contributed by atoms with Gasteiger partial charge in [0.1, 0.15) is 0 Å². The Balaban J connectivity index is 2.39. The van der Waals surface area contributed by atoms with Crippen molar-refractivity contribution >= 4 is 12.4 Å². The van der Waals surface area contributed by atoms with Crippen molar-refractivity contribution in [1.82, 2.24) is 15.8 Å². The molecule has 0 atom stereocenters. The van der Waals surface area contributed by atoms with Crippen LogP contribution in [0.2, 0.25) is 0 Å². The van der Waals surface area contributed by atoms with Gasteiger partial charge in [-0.15, -0.1) is 0 Å². The maximum Gasteiger partial charge on any atom is 0.336 e. The van der Waals surface area contributed by atoms with E-state index in [4.69, 9.17) is 0 Å². The minimum atomic E-state index is -0.248. The van der Waals surface area contributed by atoms with E-state index in [1.807, 2.05) is 0 Å². The SMILES string of the molecule is O=CNN1CCNC1=O. The largest absolute Gasteiger partial charge is 0.336 e. The molecule has 50 valence electrons. The first kappa shape index (κ1) is 5.87. The molecule has 1 fully saturated rings. The van der Waals surface area contributed by atoms with E-state index in [1.54, 1.807) is 0 Å². The zero-order chi connectivity index (χ0) is 6.69. The fourth-order valence-corrected chi connectivity index (χ4v) is 0.658. The summed E-state index contributed by atoms with van der Waals surface area (Å²) in [7, 11) is 0. The van der Waals surface area contributed by atoms with Crippen molar-refractivity contribution in [2.75, 3.05) is 13.1 Å². The Hall–Kier alpha value is -1.26. The molecule has 5 nitrogen and oxygen atoms in total. The van der Waals surface area contributed by atoms with Crippen LogP contribution in [0.1, 0.15) is 0 Å². The summed E-state index contributed by atoms with van der Waals surface area (Å²) in [5, 5.41) is 3.74. The van der Waals surface area contributed by atoms with Gasteiger partial charge in [-0.1, -0.05) is 0 Å². The third-order valence-corrected chi connectivity index (χ3v) is 1.07. The smallest absolute Gasteiger partial charge is 0.335 e. The predicted octanol–water partition coefficient (Wildman–Crippen LogP) is -1.33. The van der Waals surface area contributed by atoms with E-state index >= 15 is 0 Å². The monoisotopic (exact) mass is 129 g/mol. The van der Waals surface area contributed by atoms with E-state index in [0.717, 1.165) is 0 Å². The third-order valence-electron chi connectivity index (χ3n) is 1.07. The van der Waals surface area contributed by atoms with Crippen LogP contribution < -0.4 is 10.7 Å². The maximum absolute atomic E-state index is 10.6. The zero-order valence-corrected chi connectivity index (χ0v) is 4.76. The highest BCUT2D eigenvalue weighted by atomic mass is 16.2. The van der Waals surface area contributed by atoms with Crippen molar-refractivity contribution in [3.63, 3.8) is 0 Å². The number of hydrogen-bond donors (Lipinski definition) is 2. The number of nitrogens with one attached hydrogen (secondary N) is 2. The molecule has 1 rings (SSSR count). The average Bonchev–Trinajstić information content (AvgIpc) is 2.18. The van der Waals surface area contributed by atoms with Gasteiger partial charge in [-0.05, 0) is 0 Å². The normalized spacial score (nSPS) is 17.3. The first-order chi connectivity index (χ1) is 4.34. The molecule has 1 aliphatic heterocycles. The molecule has 2 N–H and O–H groups in total. The number of carbonyl (C=O) groups excluding carboxylic acids is 2. The second-order valence-corrected chi connectivity index (χ2v) is 1.63. The van der Waals surface area contributed by atoms with Crippen LogP contribution in [0.15, 0.2) is 0 Å². The number of carbonyl (C=O) groups is 2. The van der Waals surface area contributed by atoms with Gasteiger partial charge in [-0.2, -0.15) is 0 Å². The Morgan fingerprint density at radius 3 is 3.00 bits per heavy atom. The van der Waals surface area contributed by atoms with E-state index in [2.05, 4.69) is 10.7 Å². The Morgan fingerprint density at radius 1 is 1.78 bits per heavy atom. The number of hydrazine groups is 1. The van der Waals surface area contributed by atoms with Gasteiger partial charge in [0.05, 0.1) is 6.54 Å². The first-order valence-electron chi connectivity index (χ1n) is 2.60. The van der Waals surface area contributed by atoms with Crippen molar-refractivity contribution in [2.45, 2.75) is 0 Å². The molecule has 0 aromatic heterocycles. The van der Waals surface area contributed by atoms with Crippen LogP contribution in [0.5, 0.6) is 0 Å². The summed E-state index contributed by atoms with van der Waals surface area (Å²) in [5.41, 5.74) is 2.23. The molecule has 9 heavy (non-hydrogen) atoms. The van der Waals surface area contributed by atoms with Gasteiger partial charge >= 0.3 is 6.03 Å². The molecule has 0 aliphatic carbocycles. The van der Waals surface area contributed by atoms with Crippen LogP contribution in [0.4, 0.5) is 4.79 Å². The molecule has 0 bridgehead atoms. The Kier molecular flexibility index (Phi) is 1.53. The van der Waals surface area contributed by atoms with E-state index < -0.39 is 0 Å². The molecule has 0 unspecified atom stereocenters. The molecule has 0 saturated carbocycles. The Labute approximate surface area is 52.0 Å². The fourth-order valence-electron chi connectivity index (χ4n) is 0.658. The molecular weight excluding hydrogens is 122 g/mol. The summed E-state index contributed by atoms with van der Waals surface area (Å²) in [5.74, 6) is 0. The first-order valence-corrected chi connectivity index (χ1v) is 2.60. The lowest BCUT2D eigenvalue weighted by atomic mass is 10.7. The zero-order valence-electron chi connectivity index (χ0n) is 4.76. The van der Waals surface area contributed by atoms with Gasteiger partial charge < -0.3 is 5.32 Å². The van der Waals surface area contributed by atoms with Gasteiger partial charge in [-0.25, -0.2) is 9.80 Å². The predicted molar refractivity (Wildman–Crippen MR) is 29.3 cm³/mol. The van der Waals surface area contributed by atoms with Crippen LogP contribution in [-0.2, 0) is 4.79 Å². The molecule has 3 amide bonds.